The largest absolute Gasteiger partial charge is 0.416 e. The molecule has 11 heteroatoms. The zero-order valence-corrected chi connectivity index (χ0v) is 19.7. The Morgan fingerprint density at radius 3 is 2.06 bits per heavy atom. The Labute approximate surface area is 204 Å². The normalized spacial score (nSPS) is 21.7. The van der Waals surface area contributed by atoms with Crippen molar-refractivity contribution in [3.63, 3.8) is 0 Å². The van der Waals surface area contributed by atoms with Crippen molar-refractivity contribution in [2.24, 2.45) is 5.73 Å². The lowest BCUT2D eigenvalue weighted by molar-refractivity contribution is -0.143. The molecule has 0 aliphatic heterocycles. The molecule has 3 rings (SSSR count). The second kappa shape index (κ2) is 10.8. The van der Waals surface area contributed by atoms with E-state index in [-0.39, 0.29) is 24.2 Å². The SMILES string of the molecule is CCN(CC(N)=O)[C@@H]1CC[C@H](O[C@H](C)c2cc(C(F)(F)F)cc(C(F)(F)F)c2)[C@H]1c1ccc(F)cc1. The van der Waals surface area contributed by atoms with E-state index in [0.29, 0.717) is 37.1 Å². The molecule has 0 heterocycles. The summed E-state index contributed by atoms with van der Waals surface area (Å²) in [6, 6.07) is 6.78. The van der Waals surface area contributed by atoms with Gasteiger partial charge in [-0.1, -0.05) is 19.1 Å². The Balaban J connectivity index is 1.96. The van der Waals surface area contributed by atoms with Crippen molar-refractivity contribution in [2.45, 2.75) is 63.2 Å². The lowest BCUT2D eigenvalue weighted by atomic mass is 9.91. The summed E-state index contributed by atoms with van der Waals surface area (Å²) < 4.78 is 99.6. The van der Waals surface area contributed by atoms with Gasteiger partial charge in [0.2, 0.25) is 5.91 Å². The highest BCUT2D eigenvalue weighted by Crippen LogP contribution is 2.43. The summed E-state index contributed by atoms with van der Waals surface area (Å²) in [6.45, 7) is 3.66. The van der Waals surface area contributed by atoms with E-state index in [4.69, 9.17) is 10.5 Å². The van der Waals surface area contributed by atoms with Crippen LogP contribution < -0.4 is 5.73 Å². The maximum absolute atomic E-state index is 13.6. The zero-order chi connectivity index (χ0) is 26.8. The lowest BCUT2D eigenvalue weighted by Crippen LogP contribution is -2.43. The van der Waals surface area contributed by atoms with Crippen LogP contribution in [0.1, 0.15) is 61.0 Å². The van der Waals surface area contributed by atoms with Crippen molar-refractivity contribution in [1.82, 2.24) is 4.90 Å². The molecule has 0 spiro atoms. The maximum atomic E-state index is 13.6. The lowest BCUT2D eigenvalue weighted by Gasteiger charge is -2.34. The van der Waals surface area contributed by atoms with Gasteiger partial charge in [-0.15, -0.1) is 0 Å². The minimum atomic E-state index is -4.97. The van der Waals surface area contributed by atoms with Gasteiger partial charge in [-0.25, -0.2) is 4.39 Å². The fourth-order valence-corrected chi connectivity index (χ4v) is 4.84. The number of alkyl halides is 6. The number of carbonyl (C=O) groups is 1. The van der Waals surface area contributed by atoms with Gasteiger partial charge in [-0.05, 0) is 67.8 Å². The van der Waals surface area contributed by atoms with E-state index in [1.165, 1.54) is 19.1 Å². The second-order valence-corrected chi connectivity index (χ2v) is 8.91. The minimum absolute atomic E-state index is 0.0380. The highest BCUT2D eigenvalue weighted by molar-refractivity contribution is 5.76. The van der Waals surface area contributed by atoms with E-state index in [2.05, 4.69) is 0 Å². The first-order chi connectivity index (χ1) is 16.7. The van der Waals surface area contributed by atoms with Gasteiger partial charge in [0.25, 0.3) is 0 Å². The summed E-state index contributed by atoms with van der Waals surface area (Å²) in [5, 5.41) is 0. The van der Waals surface area contributed by atoms with Crippen molar-refractivity contribution in [3.8, 4) is 0 Å². The number of rotatable bonds is 8. The monoisotopic (exact) mass is 520 g/mol. The van der Waals surface area contributed by atoms with Crippen molar-refractivity contribution in [2.75, 3.05) is 13.1 Å². The summed E-state index contributed by atoms with van der Waals surface area (Å²) in [5.74, 6) is -1.43. The number of benzene rings is 2. The van der Waals surface area contributed by atoms with Gasteiger partial charge in [0.1, 0.15) is 5.82 Å². The third-order valence-corrected chi connectivity index (χ3v) is 6.51. The van der Waals surface area contributed by atoms with E-state index in [1.807, 2.05) is 11.8 Å². The van der Waals surface area contributed by atoms with Crippen LogP contribution in [0.3, 0.4) is 0 Å². The van der Waals surface area contributed by atoms with Crippen molar-refractivity contribution in [3.05, 3.63) is 70.5 Å². The number of nitrogens with two attached hydrogens (primary N) is 1. The number of ether oxygens (including phenoxy) is 1. The third-order valence-electron chi connectivity index (χ3n) is 6.51. The average molecular weight is 520 g/mol. The molecule has 2 aromatic carbocycles. The summed E-state index contributed by atoms with van der Waals surface area (Å²) in [5.41, 5.74) is 2.97. The van der Waals surface area contributed by atoms with Crippen LogP contribution in [-0.2, 0) is 21.9 Å². The van der Waals surface area contributed by atoms with E-state index in [1.54, 1.807) is 12.1 Å². The van der Waals surface area contributed by atoms with Crippen LogP contribution in [0.15, 0.2) is 42.5 Å². The van der Waals surface area contributed by atoms with Gasteiger partial charge in [0, 0.05) is 12.0 Å². The van der Waals surface area contributed by atoms with E-state index >= 15 is 0 Å². The fourth-order valence-electron chi connectivity index (χ4n) is 4.84. The Morgan fingerprint density at radius 1 is 1.03 bits per heavy atom. The molecule has 4 nitrogen and oxygen atoms in total. The molecule has 0 unspecified atom stereocenters. The van der Waals surface area contributed by atoms with Crippen LogP contribution in [0.25, 0.3) is 0 Å². The predicted molar refractivity (Wildman–Crippen MR) is 118 cm³/mol. The average Bonchev–Trinajstić information content (AvgIpc) is 3.19. The Hall–Kier alpha value is -2.66. The highest BCUT2D eigenvalue weighted by Gasteiger charge is 2.42. The van der Waals surface area contributed by atoms with Crippen LogP contribution in [0.5, 0.6) is 0 Å². The zero-order valence-electron chi connectivity index (χ0n) is 19.7. The van der Waals surface area contributed by atoms with Gasteiger partial charge in [0.05, 0.1) is 29.9 Å². The van der Waals surface area contributed by atoms with Crippen LogP contribution in [0.2, 0.25) is 0 Å². The van der Waals surface area contributed by atoms with Gasteiger partial charge < -0.3 is 10.5 Å². The van der Waals surface area contributed by atoms with Gasteiger partial charge >= 0.3 is 12.4 Å². The van der Waals surface area contributed by atoms with Crippen molar-refractivity contribution in [1.29, 1.82) is 0 Å². The number of amides is 1. The quantitative estimate of drug-likeness (QED) is 0.431. The summed E-state index contributed by atoms with van der Waals surface area (Å²) in [7, 11) is 0. The van der Waals surface area contributed by atoms with E-state index < -0.39 is 53.3 Å². The molecular weight excluding hydrogens is 493 g/mol. The molecule has 2 N–H and O–H groups in total. The molecule has 0 bridgehead atoms. The van der Waals surface area contributed by atoms with Crippen LogP contribution in [0, 0.1) is 5.82 Å². The highest BCUT2D eigenvalue weighted by atomic mass is 19.4. The molecule has 198 valence electrons. The first-order valence-corrected chi connectivity index (χ1v) is 11.4. The molecular formula is C25H27F7N2O2. The molecule has 1 fully saturated rings. The van der Waals surface area contributed by atoms with Crippen LogP contribution in [-0.4, -0.2) is 36.0 Å². The maximum Gasteiger partial charge on any atom is 0.416 e. The molecule has 0 radical (unpaired) electrons. The standard InChI is InChI=1S/C25H27F7N2O2/c1-3-34(13-22(33)35)20-8-9-21(23(20)15-4-6-19(26)7-5-15)36-14(2)16-10-17(24(27,28)29)12-18(11-16)25(30,31)32/h4-7,10-12,14,20-21,23H,3,8-9,13H2,1-2H3,(H2,33,35)/t14-,20-,21+,23+/m1/s1. The number of likely N-dealkylation sites (N-methyl/N-ethyl adjacent to an activating group) is 1. The molecule has 36 heavy (non-hydrogen) atoms. The Bertz CT molecular complexity index is 1020. The number of hydrogen-bond acceptors (Lipinski definition) is 3. The number of carbonyl (C=O) groups excluding carboxylic acids is 1. The third kappa shape index (κ3) is 6.56. The van der Waals surface area contributed by atoms with Gasteiger partial charge in [0.15, 0.2) is 0 Å². The molecule has 4 atom stereocenters. The molecule has 1 aliphatic carbocycles. The number of halogens is 7. The Morgan fingerprint density at radius 2 is 1.58 bits per heavy atom. The Kier molecular flexibility index (Phi) is 8.34. The van der Waals surface area contributed by atoms with E-state index in [0.717, 1.165) is 0 Å². The number of hydrogen-bond donors (Lipinski definition) is 1. The molecule has 1 saturated carbocycles. The fraction of sp³-hybridized carbons (Fsp3) is 0.480. The molecule has 0 saturated heterocycles. The summed E-state index contributed by atoms with van der Waals surface area (Å²) in [6.07, 6.45) is -10.7. The van der Waals surface area contributed by atoms with Crippen LogP contribution >= 0.6 is 0 Å². The summed E-state index contributed by atoms with van der Waals surface area (Å²) in [4.78, 5) is 13.4. The molecule has 2 aromatic rings. The smallest absolute Gasteiger partial charge is 0.370 e. The van der Waals surface area contributed by atoms with Gasteiger partial charge in [-0.2, -0.15) is 26.3 Å². The topological polar surface area (TPSA) is 55.6 Å². The number of primary amides is 1. The summed E-state index contributed by atoms with van der Waals surface area (Å²) >= 11 is 0. The van der Waals surface area contributed by atoms with Crippen LogP contribution in [0.4, 0.5) is 30.7 Å². The van der Waals surface area contributed by atoms with Crippen molar-refractivity contribution >= 4 is 5.91 Å². The molecule has 1 amide bonds. The van der Waals surface area contributed by atoms with E-state index in [9.17, 15) is 35.5 Å². The molecule has 0 aromatic heterocycles. The van der Waals surface area contributed by atoms with Crippen molar-refractivity contribution < 1.29 is 40.3 Å². The first kappa shape index (κ1) is 27.9. The predicted octanol–water partition coefficient (Wildman–Crippen LogP) is 6.06. The minimum Gasteiger partial charge on any atom is -0.370 e. The first-order valence-electron chi connectivity index (χ1n) is 11.4. The second-order valence-electron chi connectivity index (χ2n) is 8.91. The molecule has 1 aliphatic rings. The number of nitrogens with zero attached hydrogens (tertiary/aromatic N) is 1. The van der Waals surface area contributed by atoms with Gasteiger partial charge in [-0.3, -0.25) is 9.69 Å².